The van der Waals surface area contributed by atoms with E-state index in [0.29, 0.717) is 11.3 Å². The van der Waals surface area contributed by atoms with E-state index in [4.69, 9.17) is 4.74 Å². The van der Waals surface area contributed by atoms with Gasteiger partial charge < -0.3 is 10.1 Å². The van der Waals surface area contributed by atoms with Crippen molar-refractivity contribution in [3.8, 4) is 0 Å². The lowest BCUT2D eigenvalue weighted by Gasteiger charge is -2.21. The van der Waals surface area contributed by atoms with Crippen LogP contribution in [0.2, 0.25) is 0 Å². The Balaban J connectivity index is 1.55. The number of rotatable bonds is 6. The van der Waals surface area contributed by atoms with E-state index in [2.05, 4.69) is 5.32 Å². The van der Waals surface area contributed by atoms with Gasteiger partial charge in [-0.05, 0) is 53.9 Å². The third kappa shape index (κ3) is 4.18. The van der Waals surface area contributed by atoms with Crippen LogP contribution >= 0.6 is 0 Å². The van der Waals surface area contributed by atoms with Gasteiger partial charge in [-0.15, -0.1) is 0 Å². The molecule has 1 N–H and O–H groups in total. The van der Waals surface area contributed by atoms with Crippen LogP contribution in [0.25, 0.3) is 10.8 Å². The number of benzene rings is 4. The first kappa shape index (κ1) is 23.2. The van der Waals surface area contributed by atoms with Crippen LogP contribution in [0.5, 0.6) is 0 Å². The molecule has 4 aromatic carbocycles. The summed E-state index contributed by atoms with van der Waals surface area (Å²) in [5, 5.41) is 4.40. The van der Waals surface area contributed by atoms with Gasteiger partial charge in [0.2, 0.25) is 5.78 Å². The SMILES string of the molecule is Cc1ccc(C)c(NC(=O)C(=O)C(C(=O)c2ccc3ccccc3c2)[C@H]2OC(=O)c3ccccc32)c1. The number of carbonyl (C=O) groups excluding carboxylic acids is 4. The Kier molecular flexibility index (Phi) is 5.94. The number of amides is 1. The predicted octanol–water partition coefficient (Wildman–Crippen LogP) is 5.38. The monoisotopic (exact) mass is 477 g/mol. The quantitative estimate of drug-likeness (QED) is 0.174. The second-order valence-corrected chi connectivity index (χ2v) is 8.95. The number of Topliss-reactive ketones (excluding diaryl/α,β-unsaturated/α-hetero) is 2. The van der Waals surface area contributed by atoms with Gasteiger partial charge in [-0.3, -0.25) is 14.4 Å². The molecule has 5 rings (SSSR count). The summed E-state index contributed by atoms with van der Waals surface area (Å²) in [5.74, 6) is -4.67. The van der Waals surface area contributed by atoms with Gasteiger partial charge in [0, 0.05) is 16.8 Å². The van der Waals surface area contributed by atoms with Crippen molar-refractivity contribution in [2.24, 2.45) is 5.92 Å². The molecule has 2 atom stereocenters. The molecule has 4 aromatic rings. The Hall–Kier alpha value is -4.58. The van der Waals surface area contributed by atoms with Crippen molar-refractivity contribution < 1.29 is 23.9 Å². The fourth-order valence-corrected chi connectivity index (χ4v) is 4.53. The summed E-state index contributed by atoms with van der Waals surface area (Å²) in [6.07, 6.45) is -1.20. The highest BCUT2D eigenvalue weighted by atomic mass is 16.5. The molecular formula is C30H23NO5. The Morgan fingerprint density at radius 3 is 2.36 bits per heavy atom. The number of carbonyl (C=O) groups is 4. The van der Waals surface area contributed by atoms with Crippen LogP contribution in [0.1, 0.15) is 43.5 Å². The van der Waals surface area contributed by atoms with Gasteiger partial charge in [0.1, 0.15) is 12.0 Å². The summed E-state index contributed by atoms with van der Waals surface area (Å²) >= 11 is 0. The van der Waals surface area contributed by atoms with E-state index in [1.54, 1.807) is 48.5 Å². The topological polar surface area (TPSA) is 89.5 Å². The summed E-state index contributed by atoms with van der Waals surface area (Å²) < 4.78 is 5.53. The van der Waals surface area contributed by atoms with Crippen molar-refractivity contribution in [2.75, 3.05) is 5.32 Å². The molecular weight excluding hydrogens is 454 g/mol. The smallest absolute Gasteiger partial charge is 0.339 e. The van der Waals surface area contributed by atoms with Crippen LogP contribution in [-0.4, -0.2) is 23.4 Å². The fraction of sp³-hybridized carbons (Fsp3) is 0.133. The lowest BCUT2D eigenvalue weighted by Crippen LogP contribution is -2.38. The molecule has 0 fully saturated rings. The number of aryl methyl sites for hydroxylation is 2. The maximum absolute atomic E-state index is 13.8. The molecule has 0 aromatic heterocycles. The number of fused-ring (bicyclic) bond motifs is 2. The Labute approximate surface area is 207 Å². The maximum Gasteiger partial charge on any atom is 0.339 e. The van der Waals surface area contributed by atoms with Crippen molar-refractivity contribution in [3.05, 3.63) is 113 Å². The molecule has 0 saturated heterocycles. The highest BCUT2D eigenvalue weighted by Gasteiger charge is 2.46. The van der Waals surface area contributed by atoms with Crippen molar-refractivity contribution in [1.82, 2.24) is 0 Å². The summed E-state index contributed by atoms with van der Waals surface area (Å²) in [7, 11) is 0. The van der Waals surface area contributed by atoms with Crippen LogP contribution in [-0.2, 0) is 14.3 Å². The van der Waals surface area contributed by atoms with Crippen LogP contribution < -0.4 is 5.32 Å². The molecule has 178 valence electrons. The van der Waals surface area contributed by atoms with Gasteiger partial charge in [-0.2, -0.15) is 0 Å². The third-order valence-electron chi connectivity index (χ3n) is 6.49. The first-order chi connectivity index (χ1) is 17.3. The van der Waals surface area contributed by atoms with E-state index < -0.39 is 35.5 Å². The van der Waals surface area contributed by atoms with E-state index in [9.17, 15) is 19.2 Å². The summed E-state index contributed by atoms with van der Waals surface area (Å²) in [6.45, 7) is 3.68. The van der Waals surface area contributed by atoms with E-state index in [-0.39, 0.29) is 11.1 Å². The van der Waals surface area contributed by atoms with E-state index in [1.807, 2.05) is 50.2 Å². The molecule has 0 spiro atoms. The number of cyclic esters (lactones) is 1. The third-order valence-corrected chi connectivity index (χ3v) is 6.49. The minimum Gasteiger partial charge on any atom is -0.453 e. The van der Waals surface area contributed by atoms with Crippen LogP contribution in [0.4, 0.5) is 5.69 Å². The van der Waals surface area contributed by atoms with Crippen molar-refractivity contribution in [1.29, 1.82) is 0 Å². The summed E-state index contributed by atoms with van der Waals surface area (Å²) in [4.78, 5) is 53.1. The van der Waals surface area contributed by atoms with Crippen LogP contribution in [0, 0.1) is 19.8 Å². The van der Waals surface area contributed by atoms with Gasteiger partial charge in [0.25, 0.3) is 5.91 Å². The summed E-state index contributed by atoms with van der Waals surface area (Å²) in [6, 6.07) is 24.7. The normalized spacial score (nSPS) is 15.2. The average molecular weight is 478 g/mol. The van der Waals surface area contributed by atoms with E-state index in [0.717, 1.165) is 21.9 Å². The Morgan fingerprint density at radius 1 is 0.833 bits per heavy atom. The van der Waals surface area contributed by atoms with Crippen molar-refractivity contribution >= 4 is 39.9 Å². The minimum atomic E-state index is -1.54. The number of ketones is 2. The van der Waals surface area contributed by atoms with Crippen molar-refractivity contribution in [3.63, 3.8) is 0 Å². The zero-order valence-corrected chi connectivity index (χ0v) is 19.8. The van der Waals surface area contributed by atoms with Gasteiger partial charge in [0.15, 0.2) is 5.78 Å². The first-order valence-corrected chi connectivity index (χ1v) is 11.6. The Morgan fingerprint density at radius 2 is 1.56 bits per heavy atom. The van der Waals surface area contributed by atoms with Crippen LogP contribution in [0.3, 0.4) is 0 Å². The van der Waals surface area contributed by atoms with Crippen LogP contribution in [0.15, 0.2) is 84.9 Å². The van der Waals surface area contributed by atoms with E-state index in [1.165, 1.54) is 0 Å². The van der Waals surface area contributed by atoms with Gasteiger partial charge in [-0.1, -0.05) is 66.7 Å². The van der Waals surface area contributed by atoms with Gasteiger partial charge in [0.05, 0.1) is 5.56 Å². The molecule has 1 aliphatic rings. The maximum atomic E-state index is 13.8. The molecule has 1 unspecified atom stereocenters. The molecule has 1 aliphatic heterocycles. The molecule has 0 aliphatic carbocycles. The lowest BCUT2D eigenvalue weighted by atomic mass is 9.84. The lowest BCUT2D eigenvalue weighted by molar-refractivity contribution is -0.138. The van der Waals surface area contributed by atoms with E-state index >= 15 is 0 Å². The highest BCUT2D eigenvalue weighted by Crippen LogP contribution is 2.38. The summed E-state index contributed by atoms with van der Waals surface area (Å²) in [5.41, 5.74) is 3.11. The number of esters is 1. The standard InChI is InChI=1S/C30H23NO5/c1-17-11-12-18(2)24(15-17)31-29(34)27(33)25(28-22-9-5-6-10-23(22)30(35)36-28)26(32)21-14-13-19-7-3-4-8-20(19)16-21/h3-16,25,28H,1-2H3,(H,31,34)/t25?,28-/m0/s1. The molecule has 1 heterocycles. The largest absolute Gasteiger partial charge is 0.453 e. The number of hydrogen-bond donors (Lipinski definition) is 1. The zero-order chi connectivity index (χ0) is 25.4. The number of nitrogens with one attached hydrogen (secondary N) is 1. The highest BCUT2D eigenvalue weighted by molar-refractivity contribution is 6.45. The minimum absolute atomic E-state index is 0.256. The number of anilines is 1. The second-order valence-electron chi connectivity index (χ2n) is 8.95. The van der Waals surface area contributed by atoms with Gasteiger partial charge >= 0.3 is 5.97 Å². The number of hydrogen-bond acceptors (Lipinski definition) is 5. The zero-order valence-electron chi connectivity index (χ0n) is 19.8. The molecule has 1 amide bonds. The number of ether oxygens (including phenoxy) is 1. The van der Waals surface area contributed by atoms with Crippen molar-refractivity contribution in [2.45, 2.75) is 20.0 Å². The molecule has 6 heteroatoms. The average Bonchev–Trinajstić information content (AvgIpc) is 3.22. The molecule has 36 heavy (non-hydrogen) atoms. The Bertz CT molecular complexity index is 1550. The molecule has 0 bridgehead atoms. The molecule has 0 radical (unpaired) electrons. The molecule has 0 saturated carbocycles. The second kappa shape index (κ2) is 9.23. The fourth-order valence-electron chi connectivity index (χ4n) is 4.53. The molecule has 6 nitrogen and oxygen atoms in total. The first-order valence-electron chi connectivity index (χ1n) is 11.6. The van der Waals surface area contributed by atoms with Gasteiger partial charge in [-0.25, -0.2) is 4.79 Å². The predicted molar refractivity (Wildman–Crippen MR) is 136 cm³/mol.